The highest BCUT2D eigenvalue weighted by molar-refractivity contribution is 7.86. The van der Waals surface area contributed by atoms with Crippen molar-refractivity contribution in [3.63, 3.8) is 0 Å². The van der Waals surface area contributed by atoms with Crippen molar-refractivity contribution in [2.45, 2.75) is 76.8 Å². The van der Waals surface area contributed by atoms with E-state index in [0.29, 0.717) is 44.5 Å². The molecule has 0 fully saturated rings. The molecule has 0 aliphatic heterocycles. The van der Waals surface area contributed by atoms with Gasteiger partial charge < -0.3 is 9.47 Å². The van der Waals surface area contributed by atoms with E-state index in [1.165, 1.54) is 0 Å². The fraction of sp³-hybridized carbons (Fsp3) is 0.405. The largest absolute Gasteiger partial charge is 0.481 e. The van der Waals surface area contributed by atoms with Gasteiger partial charge in [0.05, 0.1) is 51.4 Å². The van der Waals surface area contributed by atoms with Gasteiger partial charge in [0, 0.05) is 60.7 Å². The summed E-state index contributed by atoms with van der Waals surface area (Å²) in [6.45, 7) is 15.7. The summed E-state index contributed by atoms with van der Waals surface area (Å²) in [7, 11) is 0.869. The minimum atomic E-state index is -1.27. The molecular formula is C37H45Cl2N3O4S2. The lowest BCUT2D eigenvalue weighted by Crippen LogP contribution is -2.35. The predicted molar refractivity (Wildman–Crippen MR) is 202 cm³/mol. The Bertz CT molecular complexity index is 1700. The number of methoxy groups -OCH3 is 2. The van der Waals surface area contributed by atoms with Crippen molar-refractivity contribution < 1.29 is 17.9 Å². The standard InChI is InChI=1S/C37H45Cl2N3O4S2/c1-22(21-47(43)36(3,4)5)24-17-19-30(40-34(24)45-9)28-15-11-13-26(32(28)38)27-14-12-16-29(33(27)39)31-20-18-25(35(41-31)46-10)23(2)42-48(44)37(6,7)8/h11-20,22-23,42H,21H2,1-10H3/t22-,23+,47+,48-/m1/s1. The first-order chi connectivity index (χ1) is 22.5. The Labute approximate surface area is 300 Å². The van der Waals surface area contributed by atoms with Crippen molar-refractivity contribution in [2.75, 3.05) is 20.0 Å². The van der Waals surface area contributed by atoms with Crippen LogP contribution >= 0.6 is 23.2 Å². The van der Waals surface area contributed by atoms with E-state index in [1.807, 2.05) is 116 Å². The second kappa shape index (κ2) is 15.4. The molecule has 4 rings (SSSR count). The summed E-state index contributed by atoms with van der Waals surface area (Å²) in [4.78, 5) is 9.61. The maximum atomic E-state index is 12.8. The second-order valence-electron chi connectivity index (χ2n) is 13.7. The van der Waals surface area contributed by atoms with Gasteiger partial charge >= 0.3 is 0 Å². The molecule has 11 heteroatoms. The molecule has 0 saturated carbocycles. The minimum absolute atomic E-state index is 0.0156. The van der Waals surface area contributed by atoms with E-state index in [1.54, 1.807) is 14.2 Å². The first kappa shape index (κ1) is 38.0. The van der Waals surface area contributed by atoms with Crippen molar-refractivity contribution in [3.8, 4) is 45.4 Å². The summed E-state index contributed by atoms with van der Waals surface area (Å²) >= 11 is 14.2. The molecule has 0 radical (unpaired) electrons. The van der Waals surface area contributed by atoms with Crippen molar-refractivity contribution >= 4 is 45.0 Å². The number of benzene rings is 2. The highest BCUT2D eigenvalue weighted by Crippen LogP contribution is 2.43. The summed E-state index contributed by atoms with van der Waals surface area (Å²) < 4.78 is 39.3. The molecule has 0 aliphatic rings. The van der Waals surface area contributed by atoms with Crippen LogP contribution < -0.4 is 14.2 Å². The summed E-state index contributed by atoms with van der Waals surface area (Å²) in [5, 5.41) is 0.980. The molecule has 0 aliphatic carbocycles. The average molecular weight is 731 g/mol. The van der Waals surface area contributed by atoms with E-state index >= 15 is 0 Å². The molecule has 258 valence electrons. The maximum Gasteiger partial charge on any atom is 0.218 e. The number of pyridine rings is 2. The van der Waals surface area contributed by atoms with E-state index in [2.05, 4.69) is 4.72 Å². The third-order valence-corrected chi connectivity index (χ3v) is 12.6. The predicted octanol–water partition coefficient (Wildman–Crippen LogP) is 9.57. The van der Waals surface area contributed by atoms with E-state index in [9.17, 15) is 8.42 Å². The Morgan fingerprint density at radius 1 is 0.688 bits per heavy atom. The van der Waals surface area contributed by atoms with Gasteiger partial charge in [0.25, 0.3) is 0 Å². The molecule has 48 heavy (non-hydrogen) atoms. The topological polar surface area (TPSA) is 90.4 Å². The number of hydrogen-bond acceptors (Lipinski definition) is 6. The van der Waals surface area contributed by atoms with Crippen molar-refractivity contribution in [1.29, 1.82) is 0 Å². The quantitative estimate of drug-likeness (QED) is 0.165. The molecule has 4 aromatic rings. The molecule has 1 N–H and O–H groups in total. The fourth-order valence-electron chi connectivity index (χ4n) is 5.08. The number of aromatic nitrogens is 2. The molecule has 4 atom stereocenters. The fourth-order valence-corrected chi connectivity index (χ4v) is 7.66. The lowest BCUT2D eigenvalue weighted by molar-refractivity contribution is 0.389. The van der Waals surface area contributed by atoms with Gasteiger partial charge in [0.1, 0.15) is 0 Å². The Morgan fingerprint density at radius 2 is 1.12 bits per heavy atom. The maximum absolute atomic E-state index is 12.8. The van der Waals surface area contributed by atoms with Gasteiger partial charge in [0.15, 0.2) is 0 Å². The van der Waals surface area contributed by atoms with Crippen molar-refractivity contribution in [3.05, 3.63) is 81.8 Å². The van der Waals surface area contributed by atoms with E-state index < -0.39 is 26.5 Å². The zero-order chi connectivity index (χ0) is 35.6. The number of nitrogens with zero attached hydrogens (tertiary/aromatic N) is 2. The van der Waals surface area contributed by atoms with Gasteiger partial charge in [-0.2, -0.15) is 0 Å². The van der Waals surface area contributed by atoms with Gasteiger partial charge in [-0.05, 0) is 72.6 Å². The molecule has 0 saturated heterocycles. The molecule has 0 unspecified atom stereocenters. The van der Waals surface area contributed by atoms with E-state index in [0.717, 1.165) is 27.8 Å². The molecule has 2 aromatic heterocycles. The van der Waals surface area contributed by atoms with Crippen LogP contribution in [0.4, 0.5) is 0 Å². The van der Waals surface area contributed by atoms with Gasteiger partial charge in [-0.3, -0.25) is 4.21 Å². The van der Waals surface area contributed by atoms with Crippen molar-refractivity contribution in [2.24, 2.45) is 0 Å². The Hall–Kier alpha value is -2.82. The van der Waals surface area contributed by atoms with Gasteiger partial charge in [-0.1, -0.05) is 72.6 Å². The molecule has 0 bridgehead atoms. The van der Waals surface area contributed by atoms with Gasteiger partial charge in [-0.25, -0.2) is 18.9 Å². The SMILES string of the molecule is COc1nc(-c2cccc(-c3cccc(-c4ccc([C@H](C)N[S@](=O)C(C)(C)C)c(OC)n4)c3Cl)c2Cl)ccc1[C@H](C)C[S@](=O)C(C)(C)C. The number of hydrogen-bond donors (Lipinski definition) is 1. The smallest absolute Gasteiger partial charge is 0.218 e. The number of halogens is 2. The van der Waals surface area contributed by atoms with Crippen LogP contribution in [-0.2, 0) is 21.8 Å². The van der Waals surface area contributed by atoms with Crippen LogP contribution in [0.1, 0.15) is 78.5 Å². The molecule has 0 amide bonds. The monoisotopic (exact) mass is 729 g/mol. The van der Waals surface area contributed by atoms with Gasteiger partial charge in [0.2, 0.25) is 11.8 Å². The number of rotatable bonds is 11. The summed E-state index contributed by atoms with van der Waals surface area (Å²) in [6, 6.07) is 18.9. The lowest BCUT2D eigenvalue weighted by Gasteiger charge is -2.23. The van der Waals surface area contributed by atoms with Crippen LogP contribution in [0.25, 0.3) is 33.6 Å². The molecule has 2 heterocycles. The second-order valence-corrected chi connectivity index (χ2v) is 18.7. The first-order valence-electron chi connectivity index (χ1n) is 15.7. The Balaban J connectivity index is 1.69. The van der Waals surface area contributed by atoms with Crippen LogP contribution in [-0.4, -0.2) is 47.9 Å². The third-order valence-electron chi connectivity index (χ3n) is 7.93. The molecule has 2 aromatic carbocycles. The Morgan fingerprint density at radius 3 is 1.56 bits per heavy atom. The zero-order valence-electron chi connectivity index (χ0n) is 29.2. The van der Waals surface area contributed by atoms with E-state index in [-0.39, 0.29) is 16.7 Å². The molecule has 7 nitrogen and oxygen atoms in total. The van der Waals surface area contributed by atoms with Crippen LogP contribution in [0.3, 0.4) is 0 Å². The lowest BCUT2D eigenvalue weighted by atomic mass is 9.97. The number of ether oxygens (including phenoxy) is 2. The normalized spacial score (nSPS) is 14.7. The van der Waals surface area contributed by atoms with Crippen LogP contribution in [0.15, 0.2) is 60.7 Å². The summed E-state index contributed by atoms with van der Waals surface area (Å²) in [6.07, 6.45) is 0. The van der Waals surface area contributed by atoms with Gasteiger partial charge in [-0.15, -0.1) is 0 Å². The van der Waals surface area contributed by atoms with Crippen LogP contribution in [0.5, 0.6) is 11.8 Å². The van der Waals surface area contributed by atoms with E-state index in [4.69, 9.17) is 42.6 Å². The molecular weight excluding hydrogens is 685 g/mol. The first-order valence-corrected chi connectivity index (χ1v) is 18.9. The third kappa shape index (κ3) is 8.48. The minimum Gasteiger partial charge on any atom is -0.481 e. The zero-order valence-corrected chi connectivity index (χ0v) is 32.4. The van der Waals surface area contributed by atoms with Crippen LogP contribution in [0, 0.1) is 0 Å². The highest BCUT2D eigenvalue weighted by atomic mass is 35.5. The summed E-state index contributed by atoms with van der Waals surface area (Å²) in [5.41, 5.74) is 5.87. The van der Waals surface area contributed by atoms with Crippen molar-refractivity contribution in [1.82, 2.24) is 14.7 Å². The average Bonchev–Trinajstić information content (AvgIpc) is 3.03. The number of nitrogens with one attached hydrogen (secondary N) is 1. The summed E-state index contributed by atoms with van der Waals surface area (Å²) in [5.74, 6) is 1.38. The van der Waals surface area contributed by atoms with Crippen LogP contribution in [0.2, 0.25) is 10.0 Å². The highest BCUT2D eigenvalue weighted by Gasteiger charge is 2.26. The Kier molecular flexibility index (Phi) is 12.2. The molecule has 0 spiro atoms.